The third kappa shape index (κ3) is 4.97. The average molecular weight is 505 g/mol. The van der Waals surface area contributed by atoms with Crippen molar-refractivity contribution >= 4 is 45.3 Å². The van der Waals surface area contributed by atoms with E-state index in [4.69, 9.17) is 14.7 Å². The van der Waals surface area contributed by atoms with Gasteiger partial charge in [-0.25, -0.2) is 14.6 Å². The molecule has 0 atom stereocenters. The molecule has 2 aromatic heterocycles. The molecule has 1 amide bonds. The maximum absolute atomic E-state index is 13.3. The van der Waals surface area contributed by atoms with E-state index in [0.717, 1.165) is 45.9 Å². The van der Waals surface area contributed by atoms with Crippen molar-refractivity contribution in [1.82, 2.24) is 25.1 Å². The van der Waals surface area contributed by atoms with Gasteiger partial charge in [0.2, 0.25) is 0 Å². The van der Waals surface area contributed by atoms with Crippen LogP contribution in [0, 0.1) is 0 Å². The molecule has 0 unspecified atom stereocenters. The molecule has 4 aromatic rings. The van der Waals surface area contributed by atoms with Crippen molar-refractivity contribution < 1.29 is 9.53 Å². The van der Waals surface area contributed by atoms with Gasteiger partial charge in [-0.15, -0.1) is 0 Å². The van der Waals surface area contributed by atoms with Crippen LogP contribution in [0.4, 0.5) is 5.82 Å². The lowest BCUT2D eigenvalue weighted by molar-refractivity contribution is 0.0950. The molecule has 3 heterocycles. The maximum Gasteiger partial charge on any atom is 0.255 e. The van der Waals surface area contributed by atoms with Crippen LogP contribution in [-0.2, 0) is 6.54 Å². The highest BCUT2D eigenvalue weighted by molar-refractivity contribution is 7.99. The third-order valence-corrected chi connectivity index (χ3v) is 7.09. The van der Waals surface area contributed by atoms with Crippen LogP contribution in [-0.4, -0.2) is 57.1 Å². The van der Waals surface area contributed by atoms with E-state index in [2.05, 4.69) is 29.2 Å². The van der Waals surface area contributed by atoms with Crippen LogP contribution in [0.5, 0.6) is 5.75 Å². The normalized spacial score (nSPS) is 13.7. The number of nitrogens with one attached hydrogen (secondary N) is 1. The quantitative estimate of drug-likeness (QED) is 0.256. The van der Waals surface area contributed by atoms with Gasteiger partial charge in [0.05, 0.1) is 30.3 Å². The highest BCUT2D eigenvalue weighted by atomic mass is 32.2. The number of thioether (sulfide) groups is 1. The first-order valence-corrected chi connectivity index (χ1v) is 13.5. The number of carbonyl (C=O) groups is 1. The molecule has 0 saturated carbocycles. The van der Waals surface area contributed by atoms with E-state index in [1.165, 1.54) is 12.8 Å². The van der Waals surface area contributed by atoms with Gasteiger partial charge in [0, 0.05) is 24.9 Å². The molecule has 1 N–H and O–H groups in total. The first kappa shape index (κ1) is 24.4. The highest BCUT2D eigenvalue weighted by Crippen LogP contribution is 2.31. The second-order valence-corrected chi connectivity index (χ2v) is 10.7. The molecule has 1 aliphatic rings. The Hall–Kier alpha value is -3.33. The lowest BCUT2D eigenvalue weighted by Crippen LogP contribution is -2.28. The van der Waals surface area contributed by atoms with E-state index in [1.54, 1.807) is 11.8 Å². The number of aromatic nitrogens is 4. The molecular formula is C27H32N6O2S. The van der Waals surface area contributed by atoms with Crippen molar-refractivity contribution in [2.75, 3.05) is 31.1 Å². The zero-order valence-corrected chi connectivity index (χ0v) is 21.8. The zero-order valence-electron chi connectivity index (χ0n) is 21.0. The molecule has 2 aromatic carbocycles. The molecule has 1 fully saturated rings. The molecule has 0 aliphatic carbocycles. The van der Waals surface area contributed by atoms with Crippen molar-refractivity contribution in [1.29, 1.82) is 0 Å². The van der Waals surface area contributed by atoms with Crippen LogP contribution in [0.15, 0.2) is 47.8 Å². The van der Waals surface area contributed by atoms with Crippen molar-refractivity contribution in [3.05, 3.63) is 48.2 Å². The largest absolute Gasteiger partial charge is 0.493 e. The lowest BCUT2D eigenvalue weighted by atomic mass is 10.0. The number of anilines is 1. The Morgan fingerprint density at radius 1 is 1.11 bits per heavy atom. The third-order valence-electron chi connectivity index (χ3n) is 6.23. The van der Waals surface area contributed by atoms with Gasteiger partial charge in [-0.3, -0.25) is 4.79 Å². The first-order valence-electron chi connectivity index (χ1n) is 12.6. The fourth-order valence-electron chi connectivity index (χ4n) is 4.64. The summed E-state index contributed by atoms with van der Waals surface area (Å²) >= 11 is 1.66. The van der Waals surface area contributed by atoms with Gasteiger partial charge >= 0.3 is 0 Å². The predicted molar refractivity (Wildman–Crippen MR) is 145 cm³/mol. The van der Waals surface area contributed by atoms with Gasteiger partial charge in [0.15, 0.2) is 10.8 Å². The van der Waals surface area contributed by atoms with E-state index in [0.29, 0.717) is 36.3 Å². The number of hydrogen-bond donors (Lipinski definition) is 1. The van der Waals surface area contributed by atoms with Gasteiger partial charge in [0.1, 0.15) is 11.6 Å². The number of ether oxygens (including phenoxy) is 1. The molecular weight excluding hydrogens is 472 g/mol. The monoisotopic (exact) mass is 504 g/mol. The van der Waals surface area contributed by atoms with E-state index in [-0.39, 0.29) is 5.91 Å². The van der Waals surface area contributed by atoms with Crippen LogP contribution >= 0.6 is 11.8 Å². The molecule has 0 spiro atoms. The number of rotatable bonds is 9. The smallest absolute Gasteiger partial charge is 0.255 e. The average Bonchev–Trinajstić information content (AvgIpc) is 3.54. The standard InChI is InChI=1S/C27H32N6O2S/c1-4-35-22-12-11-19-9-5-6-10-20(19)23(22)26(34)28-13-16-33-25-21(17-29-33)24(32-14-7-8-15-32)30-27(31-25)36-18(2)3/h5-6,9-12,17-18H,4,7-8,13-16H2,1-3H3,(H,28,34). The molecule has 8 nitrogen and oxygen atoms in total. The molecule has 5 rings (SSSR count). The Labute approximate surface area is 215 Å². The fraction of sp³-hybridized carbons (Fsp3) is 0.407. The second kappa shape index (κ2) is 10.7. The second-order valence-electron chi connectivity index (χ2n) is 9.14. The van der Waals surface area contributed by atoms with Crippen LogP contribution in [0.25, 0.3) is 21.8 Å². The van der Waals surface area contributed by atoms with Crippen LogP contribution in [0.2, 0.25) is 0 Å². The first-order chi connectivity index (χ1) is 17.5. The minimum absolute atomic E-state index is 0.157. The Balaban J connectivity index is 1.38. The molecule has 0 radical (unpaired) electrons. The minimum atomic E-state index is -0.157. The minimum Gasteiger partial charge on any atom is -0.493 e. The summed E-state index contributed by atoms with van der Waals surface area (Å²) in [4.78, 5) is 25.3. The fourth-order valence-corrected chi connectivity index (χ4v) is 5.34. The Bertz CT molecular complexity index is 1380. The van der Waals surface area contributed by atoms with Crippen LogP contribution in [0.1, 0.15) is 44.0 Å². The number of fused-ring (bicyclic) bond motifs is 2. The van der Waals surface area contributed by atoms with Crippen molar-refractivity contribution in [3.63, 3.8) is 0 Å². The Kier molecular flexibility index (Phi) is 7.27. The lowest BCUT2D eigenvalue weighted by Gasteiger charge is -2.18. The molecule has 9 heteroatoms. The van der Waals surface area contributed by atoms with Crippen LogP contribution < -0.4 is 15.0 Å². The van der Waals surface area contributed by atoms with Gasteiger partial charge in [0.25, 0.3) is 5.91 Å². The molecule has 1 aliphatic heterocycles. The van der Waals surface area contributed by atoms with Gasteiger partial charge < -0.3 is 15.0 Å². The summed E-state index contributed by atoms with van der Waals surface area (Å²) < 4.78 is 7.65. The predicted octanol–water partition coefficient (Wildman–Crippen LogP) is 4.91. The summed E-state index contributed by atoms with van der Waals surface area (Å²) in [6.07, 6.45) is 4.21. The molecule has 0 bridgehead atoms. The zero-order chi connectivity index (χ0) is 25.1. The number of carbonyl (C=O) groups excluding carboxylic acids is 1. The summed E-state index contributed by atoms with van der Waals surface area (Å²) in [6, 6.07) is 11.7. The summed E-state index contributed by atoms with van der Waals surface area (Å²) in [5.74, 6) is 1.40. The SMILES string of the molecule is CCOc1ccc2ccccc2c1C(=O)NCCn1ncc2c(N3CCCC3)nc(SC(C)C)nc21. The summed E-state index contributed by atoms with van der Waals surface area (Å²) in [5.41, 5.74) is 1.37. The van der Waals surface area contributed by atoms with Crippen molar-refractivity contribution in [3.8, 4) is 5.75 Å². The maximum atomic E-state index is 13.3. The molecule has 1 saturated heterocycles. The van der Waals surface area contributed by atoms with E-state index in [9.17, 15) is 4.79 Å². The molecule has 36 heavy (non-hydrogen) atoms. The van der Waals surface area contributed by atoms with Crippen molar-refractivity contribution in [2.45, 2.75) is 50.6 Å². The van der Waals surface area contributed by atoms with Gasteiger partial charge in [-0.1, -0.05) is 55.9 Å². The van der Waals surface area contributed by atoms with Crippen molar-refractivity contribution in [2.24, 2.45) is 0 Å². The molecule has 188 valence electrons. The number of amides is 1. The summed E-state index contributed by atoms with van der Waals surface area (Å²) in [5, 5.41) is 11.7. The van der Waals surface area contributed by atoms with Gasteiger partial charge in [-0.05, 0) is 36.6 Å². The number of hydrogen-bond acceptors (Lipinski definition) is 7. The number of benzene rings is 2. The van der Waals surface area contributed by atoms with E-state index in [1.807, 2.05) is 54.2 Å². The Morgan fingerprint density at radius 3 is 2.69 bits per heavy atom. The summed E-state index contributed by atoms with van der Waals surface area (Å²) in [7, 11) is 0. The van der Waals surface area contributed by atoms with Gasteiger partial charge in [-0.2, -0.15) is 5.10 Å². The number of nitrogens with zero attached hydrogens (tertiary/aromatic N) is 5. The van der Waals surface area contributed by atoms with E-state index < -0.39 is 0 Å². The Morgan fingerprint density at radius 2 is 1.92 bits per heavy atom. The highest BCUT2D eigenvalue weighted by Gasteiger charge is 2.22. The summed E-state index contributed by atoms with van der Waals surface area (Å²) in [6.45, 7) is 9.64. The van der Waals surface area contributed by atoms with Crippen LogP contribution in [0.3, 0.4) is 0 Å². The van der Waals surface area contributed by atoms with E-state index >= 15 is 0 Å². The topological polar surface area (TPSA) is 85.2 Å².